The van der Waals surface area contributed by atoms with E-state index in [0.29, 0.717) is 10.9 Å². The van der Waals surface area contributed by atoms with Crippen molar-refractivity contribution in [3.8, 4) is 0 Å². The van der Waals surface area contributed by atoms with E-state index in [0.717, 1.165) is 4.47 Å². The maximum atomic E-state index is 12.9. The zero-order chi connectivity index (χ0) is 16.6. The predicted octanol–water partition coefficient (Wildman–Crippen LogP) is 3.99. The van der Waals surface area contributed by atoms with Gasteiger partial charge < -0.3 is 4.42 Å². The summed E-state index contributed by atoms with van der Waals surface area (Å²) in [7, 11) is 0. The maximum Gasteiger partial charge on any atom is 0.347 e. The van der Waals surface area contributed by atoms with Gasteiger partial charge in [0, 0.05) is 15.4 Å². The molecule has 0 aliphatic carbocycles. The van der Waals surface area contributed by atoms with Crippen molar-refractivity contribution in [1.29, 1.82) is 0 Å². The van der Waals surface area contributed by atoms with Crippen LogP contribution >= 0.6 is 15.9 Å². The van der Waals surface area contributed by atoms with Gasteiger partial charge in [-0.3, -0.25) is 9.59 Å². The smallest absolute Gasteiger partial charge is 0.347 e. The van der Waals surface area contributed by atoms with Gasteiger partial charge in [0.1, 0.15) is 11.1 Å². The molecule has 2 aromatic carbocycles. The second-order valence-electron chi connectivity index (χ2n) is 5.03. The highest BCUT2D eigenvalue weighted by Gasteiger charge is 2.24. The van der Waals surface area contributed by atoms with Crippen molar-refractivity contribution in [1.82, 2.24) is 0 Å². The first-order chi connectivity index (χ1) is 11.0. The molecule has 23 heavy (non-hydrogen) atoms. The molecule has 0 atom stereocenters. The van der Waals surface area contributed by atoms with Crippen molar-refractivity contribution in [3.63, 3.8) is 0 Å². The Balaban J connectivity index is 2.43. The zero-order valence-electron chi connectivity index (χ0n) is 12.1. The molecule has 0 fully saturated rings. The molecular formula is C18H11BrO4. The highest BCUT2D eigenvalue weighted by atomic mass is 79.9. The standard InChI is InChI=1S/C18H11BrO4/c1-10(20)15-16(17(21)11-5-3-2-4-6-11)13-9-12(19)7-8-14(13)23-18(15)22/h2-9H,1H3. The average Bonchev–Trinajstić information content (AvgIpc) is 2.54. The van der Waals surface area contributed by atoms with Gasteiger partial charge in [-0.05, 0) is 25.1 Å². The lowest BCUT2D eigenvalue weighted by atomic mass is 9.94. The van der Waals surface area contributed by atoms with Crippen LogP contribution in [0.2, 0.25) is 0 Å². The van der Waals surface area contributed by atoms with Gasteiger partial charge in [0.2, 0.25) is 0 Å². The quantitative estimate of drug-likeness (QED) is 0.516. The second kappa shape index (κ2) is 5.93. The molecule has 0 aliphatic rings. The molecule has 1 heterocycles. The van der Waals surface area contributed by atoms with E-state index in [9.17, 15) is 14.4 Å². The summed E-state index contributed by atoms with van der Waals surface area (Å²) in [5.74, 6) is -0.883. The molecule has 0 saturated carbocycles. The first-order valence-electron chi connectivity index (χ1n) is 6.86. The summed E-state index contributed by atoms with van der Waals surface area (Å²) < 4.78 is 5.90. The first kappa shape index (κ1) is 15.4. The van der Waals surface area contributed by atoms with Crippen LogP contribution in [-0.2, 0) is 0 Å². The zero-order valence-corrected chi connectivity index (χ0v) is 13.7. The van der Waals surface area contributed by atoms with Crippen LogP contribution in [0.25, 0.3) is 11.0 Å². The molecule has 114 valence electrons. The number of hydrogen-bond acceptors (Lipinski definition) is 4. The molecule has 0 N–H and O–H groups in total. The first-order valence-corrected chi connectivity index (χ1v) is 7.65. The van der Waals surface area contributed by atoms with Gasteiger partial charge in [-0.25, -0.2) is 4.79 Å². The van der Waals surface area contributed by atoms with E-state index in [1.165, 1.54) is 6.92 Å². The SMILES string of the molecule is CC(=O)c1c(C(=O)c2ccccc2)c2cc(Br)ccc2oc1=O. The van der Waals surface area contributed by atoms with E-state index in [-0.39, 0.29) is 22.5 Å². The monoisotopic (exact) mass is 370 g/mol. The molecule has 0 saturated heterocycles. The van der Waals surface area contributed by atoms with E-state index >= 15 is 0 Å². The van der Waals surface area contributed by atoms with Crippen LogP contribution in [0, 0.1) is 0 Å². The number of fused-ring (bicyclic) bond motifs is 1. The third kappa shape index (κ3) is 2.75. The Hall–Kier alpha value is -2.53. The molecule has 0 unspecified atom stereocenters. The summed E-state index contributed by atoms with van der Waals surface area (Å²) in [5, 5.41) is 0.429. The minimum absolute atomic E-state index is 0.0799. The van der Waals surface area contributed by atoms with Crippen molar-refractivity contribution in [2.24, 2.45) is 0 Å². The fourth-order valence-electron chi connectivity index (χ4n) is 2.46. The van der Waals surface area contributed by atoms with Crippen molar-refractivity contribution in [2.45, 2.75) is 6.92 Å². The molecule has 1 aromatic heterocycles. The predicted molar refractivity (Wildman–Crippen MR) is 90.1 cm³/mol. The minimum atomic E-state index is -0.799. The summed E-state index contributed by atoms with van der Waals surface area (Å²) in [6.45, 7) is 1.25. The molecule has 0 radical (unpaired) electrons. The Morgan fingerprint density at radius 3 is 2.35 bits per heavy atom. The number of carbonyl (C=O) groups excluding carboxylic acids is 2. The highest BCUT2D eigenvalue weighted by molar-refractivity contribution is 9.10. The van der Waals surface area contributed by atoms with Crippen LogP contribution in [-0.4, -0.2) is 11.6 Å². The minimum Gasteiger partial charge on any atom is -0.422 e. The van der Waals surface area contributed by atoms with Crippen molar-refractivity contribution in [2.75, 3.05) is 0 Å². The summed E-state index contributed by atoms with van der Waals surface area (Å²) >= 11 is 3.34. The third-order valence-electron chi connectivity index (χ3n) is 3.48. The molecule has 3 rings (SSSR count). The number of halogens is 1. The maximum absolute atomic E-state index is 12.9. The Kier molecular flexibility index (Phi) is 3.96. The van der Waals surface area contributed by atoms with Gasteiger partial charge in [-0.15, -0.1) is 0 Å². The van der Waals surface area contributed by atoms with E-state index in [1.54, 1.807) is 48.5 Å². The van der Waals surface area contributed by atoms with Gasteiger partial charge >= 0.3 is 5.63 Å². The largest absolute Gasteiger partial charge is 0.422 e. The fraction of sp³-hybridized carbons (Fsp3) is 0.0556. The van der Waals surface area contributed by atoms with E-state index < -0.39 is 11.4 Å². The summed E-state index contributed by atoms with van der Waals surface area (Å²) in [4.78, 5) is 37.0. The molecule has 3 aromatic rings. The van der Waals surface area contributed by atoms with Gasteiger partial charge in [-0.2, -0.15) is 0 Å². The van der Waals surface area contributed by atoms with Crippen LogP contribution in [0.4, 0.5) is 0 Å². The lowest BCUT2D eigenvalue weighted by Gasteiger charge is -2.09. The Morgan fingerprint density at radius 1 is 1.00 bits per heavy atom. The van der Waals surface area contributed by atoms with Crippen LogP contribution in [0.1, 0.15) is 33.2 Å². The molecule has 0 bridgehead atoms. The molecular weight excluding hydrogens is 360 g/mol. The van der Waals surface area contributed by atoms with Gasteiger partial charge in [0.15, 0.2) is 11.6 Å². The Labute approximate surface area is 139 Å². The molecule has 0 spiro atoms. The van der Waals surface area contributed by atoms with Crippen LogP contribution in [0.3, 0.4) is 0 Å². The number of ketones is 2. The lowest BCUT2D eigenvalue weighted by molar-refractivity contribution is 0.0987. The topological polar surface area (TPSA) is 64.3 Å². The number of rotatable bonds is 3. The van der Waals surface area contributed by atoms with Crippen LogP contribution in [0.5, 0.6) is 0 Å². The number of benzene rings is 2. The lowest BCUT2D eigenvalue weighted by Crippen LogP contribution is -2.19. The normalized spacial score (nSPS) is 10.7. The number of Topliss-reactive ketones (excluding diaryl/α,β-unsaturated/α-hetero) is 1. The third-order valence-corrected chi connectivity index (χ3v) is 3.98. The van der Waals surface area contributed by atoms with Crippen LogP contribution in [0.15, 0.2) is 62.2 Å². The molecule has 0 amide bonds. The van der Waals surface area contributed by atoms with E-state index in [4.69, 9.17) is 4.42 Å². The van der Waals surface area contributed by atoms with Crippen molar-refractivity contribution < 1.29 is 14.0 Å². The van der Waals surface area contributed by atoms with Gasteiger partial charge in [-0.1, -0.05) is 46.3 Å². The van der Waals surface area contributed by atoms with Gasteiger partial charge in [0.25, 0.3) is 0 Å². The average molecular weight is 371 g/mol. The summed E-state index contributed by atoms with van der Waals surface area (Å²) in [6, 6.07) is 13.5. The van der Waals surface area contributed by atoms with Gasteiger partial charge in [0.05, 0.1) is 5.56 Å². The van der Waals surface area contributed by atoms with Crippen LogP contribution < -0.4 is 5.63 Å². The fourth-order valence-corrected chi connectivity index (χ4v) is 2.82. The number of hydrogen-bond donors (Lipinski definition) is 0. The van der Waals surface area contributed by atoms with Crippen molar-refractivity contribution in [3.05, 3.63) is 80.1 Å². The second-order valence-corrected chi connectivity index (χ2v) is 5.95. The van der Waals surface area contributed by atoms with Crippen molar-refractivity contribution >= 4 is 38.5 Å². The molecule has 5 heteroatoms. The molecule has 4 nitrogen and oxygen atoms in total. The van der Waals surface area contributed by atoms with E-state index in [2.05, 4.69) is 15.9 Å². The summed E-state index contributed by atoms with van der Waals surface area (Å²) in [6.07, 6.45) is 0. The Bertz CT molecular complexity index is 987. The highest BCUT2D eigenvalue weighted by Crippen LogP contribution is 2.26. The Morgan fingerprint density at radius 2 is 1.70 bits per heavy atom. The van der Waals surface area contributed by atoms with E-state index in [1.807, 2.05) is 0 Å². The number of carbonyl (C=O) groups is 2. The summed E-state index contributed by atoms with van der Waals surface area (Å²) in [5.41, 5.74) is -0.267. The molecule has 0 aliphatic heterocycles.